The molecule has 1 fully saturated rings. The van der Waals surface area contributed by atoms with Gasteiger partial charge in [-0.05, 0) is 37.3 Å². The van der Waals surface area contributed by atoms with E-state index in [2.05, 4.69) is 10.3 Å². The second-order valence-corrected chi connectivity index (χ2v) is 5.82. The van der Waals surface area contributed by atoms with Gasteiger partial charge >= 0.3 is 0 Å². The predicted molar refractivity (Wildman–Crippen MR) is 76.8 cm³/mol. The molecular weight excluding hydrogens is 260 g/mol. The van der Waals surface area contributed by atoms with Crippen molar-refractivity contribution in [1.29, 1.82) is 0 Å². The first-order chi connectivity index (χ1) is 9.29. The molecule has 0 radical (unpaired) electrons. The first kappa shape index (κ1) is 14.3. The Morgan fingerprint density at radius 1 is 1.53 bits per heavy atom. The minimum atomic E-state index is 0.0614. The summed E-state index contributed by atoms with van der Waals surface area (Å²) in [6.07, 6.45) is 4.78. The van der Waals surface area contributed by atoms with Crippen LogP contribution in [0.25, 0.3) is 0 Å². The van der Waals surface area contributed by atoms with Crippen LogP contribution in [-0.4, -0.2) is 34.4 Å². The van der Waals surface area contributed by atoms with Crippen molar-refractivity contribution in [2.24, 2.45) is 5.92 Å². The summed E-state index contributed by atoms with van der Waals surface area (Å²) >= 11 is 1.57. The lowest BCUT2D eigenvalue weighted by molar-refractivity contribution is -0.119. The van der Waals surface area contributed by atoms with Crippen LogP contribution in [0.1, 0.15) is 25.0 Å². The Hall–Kier alpha value is -1.07. The van der Waals surface area contributed by atoms with Gasteiger partial charge in [0.15, 0.2) is 0 Å². The molecular formula is C14H20N2O2S. The van der Waals surface area contributed by atoms with E-state index in [1.807, 2.05) is 18.2 Å². The molecule has 2 N–H and O–H groups in total. The fourth-order valence-corrected chi connectivity index (χ4v) is 2.79. The summed E-state index contributed by atoms with van der Waals surface area (Å²) in [7, 11) is 0. The molecule has 1 amide bonds. The number of aromatic nitrogens is 1. The van der Waals surface area contributed by atoms with Crippen molar-refractivity contribution in [1.82, 2.24) is 10.3 Å². The van der Waals surface area contributed by atoms with Crippen molar-refractivity contribution >= 4 is 17.7 Å². The number of hydrogen-bond acceptors (Lipinski definition) is 4. The van der Waals surface area contributed by atoms with E-state index in [9.17, 15) is 4.79 Å². The summed E-state index contributed by atoms with van der Waals surface area (Å²) in [6.45, 7) is 0.141. The van der Waals surface area contributed by atoms with Crippen LogP contribution in [0.5, 0.6) is 0 Å². The van der Waals surface area contributed by atoms with Crippen LogP contribution >= 0.6 is 11.8 Å². The van der Waals surface area contributed by atoms with Gasteiger partial charge in [0.1, 0.15) is 0 Å². The Morgan fingerprint density at radius 3 is 3.00 bits per heavy atom. The number of hydrogen-bond donors (Lipinski definition) is 2. The van der Waals surface area contributed by atoms with Crippen molar-refractivity contribution in [3.63, 3.8) is 0 Å². The maximum Gasteiger partial charge on any atom is 0.230 e. The summed E-state index contributed by atoms with van der Waals surface area (Å²) in [5.74, 6) is 1.84. The second kappa shape index (κ2) is 7.50. The lowest BCUT2D eigenvalue weighted by atomic mass is 10.1. The molecule has 1 aromatic heterocycles. The molecule has 0 bridgehead atoms. The van der Waals surface area contributed by atoms with Crippen LogP contribution in [0.2, 0.25) is 0 Å². The van der Waals surface area contributed by atoms with Crippen LogP contribution in [0.3, 0.4) is 0 Å². The van der Waals surface area contributed by atoms with E-state index < -0.39 is 0 Å². The molecule has 19 heavy (non-hydrogen) atoms. The highest BCUT2D eigenvalue weighted by atomic mass is 32.2. The molecule has 1 unspecified atom stereocenters. The summed E-state index contributed by atoms with van der Waals surface area (Å²) < 4.78 is 0. The number of aliphatic hydroxyl groups excluding tert-OH is 1. The quantitative estimate of drug-likeness (QED) is 0.759. The number of amides is 1. The van der Waals surface area contributed by atoms with Gasteiger partial charge in [-0.15, -0.1) is 11.8 Å². The average molecular weight is 280 g/mol. The number of carbonyl (C=O) groups excluding carboxylic acids is 1. The summed E-state index contributed by atoms with van der Waals surface area (Å²) in [6, 6.07) is 5.96. The van der Waals surface area contributed by atoms with E-state index in [1.54, 1.807) is 18.0 Å². The fraction of sp³-hybridized carbons (Fsp3) is 0.571. The number of rotatable bonds is 8. The number of carbonyl (C=O) groups is 1. The van der Waals surface area contributed by atoms with E-state index >= 15 is 0 Å². The molecule has 2 rings (SSSR count). The summed E-state index contributed by atoms with van der Waals surface area (Å²) in [4.78, 5) is 16.0. The van der Waals surface area contributed by atoms with Gasteiger partial charge in [-0.2, -0.15) is 0 Å². The molecule has 1 aliphatic rings. The Bertz CT molecular complexity index is 396. The van der Waals surface area contributed by atoms with Crippen molar-refractivity contribution < 1.29 is 9.90 Å². The van der Waals surface area contributed by atoms with Gasteiger partial charge in [-0.25, -0.2) is 0 Å². The maximum atomic E-state index is 11.8. The zero-order chi connectivity index (χ0) is 13.5. The SMILES string of the molecule is O=C(CSCc1ccccn1)NC(CCO)C1CC1. The predicted octanol–water partition coefficient (Wildman–Crippen LogP) is 1.59. The molecule has 0 aromatic carbocycles. The van der Waals surface area contributed by atoms with Crippen molar-refractivity contribution in [3.8, 4) is 0 Å². The van der Waals surface area contributed by atoms with E-state index in [0.29, 0.717) is 18.1 Å². The van der Waals surface area contributed by atoms with Crippen LogP contribution in [0, 0.1) is 5.92 Å². The average Bonchev–Trinajstić information content (AvgIpc) is 3.24. The molecule has 104 valence electrons. The number of nitrogens with one attached hydrogen (secondary N) is 1. The zero-order valence-electron chi connectivity index (χ0n) is 10.9. The van der Waals surface area contributed by atoms with Crippen molar-refractivity contribution in [3.05, 3.63) is 30.1 Å². The smallest absolute Gasteiger partial charge is 0.230 e. The van der Waals surface area contributed by atoms with Gasteiger partial charge in [0, 0.05) is 24.6 Å². The number of aliphatic hydroxyl groups is 1. The molecule has 4 nitrogen and oxygen atoms in total. The molecule has 1 aromatic rings. The molecule has 0 saturated heterocycles. The highest BCUT2D eigenvalue weighted by molar-refractivity contribution is 7.99. The normalized spacial score (nSPS) is 16.1. The first-order valence-electron chi connectivity index (χ1n) is 6.67. The number of thioether (sulfide) groups is 1. The monoisotopic (exact) mass is 280 g/mol. The van der Waals surface area contributed by atoms with Gasteiger partial charge in [0.05, 0.1) is 11.4 Å². The third kappa shape index (κ3) is 5.20. The van der Waals surface area contributed by atoms with E-state index in [0.717, 1.165) is 11.4 Å². The largest absolute Gasteiger partial charge is 0.396 e. The lowest BCUT2D eigenvalue weighted by Crippen LogP contribution is -2.38. The highest BCUT2D eigenvalue weighted by Crippen LogP contribution is 2.33. The molecule has 1 aliphatic carbocycles. The molecule has 5 heteroatoms. The lowest BCUT2D eigenvalue weighted by Gasteiger charge is -2.16. The molecule has 0 spiro atoms. The van der Waals surface area contributed by atoms with E-state index in [1.165, 1.54) is 12.8 Å². The third-order valence-electron chi connectivity index (χ3n) is 3.19. The zero-order valence-corrected chi connectivity index (χ0v) is 11.7. The Morgan fingerprint density at radius 2 is 2.37 bits per heavy atom. The minimum absolute atomic E-state index is 0.0614. The van der Waals surface area contributed by atoms with Crippen molar-refractivity contribution in [2.75, 3.05) is 12.4 Å². The second-order valence-electron chi connectivity index (χ2n) is 4.84. The fourth-order valence-electron chi connectivity index (χ4n) is 2.04. The van der Waals surface area contributed by atoms with Gasteiger partial charge in [-0.3, -0.25) is 9.78 Å². The molecule has 1 atom stereocenters. The Labute approximate surface area is 118 Å². The van der Waals surface area contributed by atoms with E-state index in [-0.39, 0.29) is 18.6 Å². The molecule has 0 aliphatic heterocycles. The first-order valence-corrected chi connectivity index (χ1v) is 7.83. The van der Waals surface area contributed by atoms with Gasteiger partial charge in [0.25, 0.3) is 0 Å². The minimum Gasteiger partial charge on any atom is -0.396 e. The summed E-state index contributed by atoms with van der Waals surface area (Å²) in [5.41, 5.74) is 0.995. The van der Waals surface area contributed by atoms with Gasteiger partial charge < -0.3 is 10.4 Å². The molecule has 1 saturated carbocycles. The van der Waals surface area contributed by atoms with Gasteiger partial charge in [-0.1, -0.05) is 6.07 Å². The van der Waals surface area contributed by atoms with Crippen molar-refractivity contribution in [2.45, 2.75) is 31.1 Å². The van der Waals surface area contributed by atoms with Gasteiger partial charge in [0.2, 0.25) is 5.91 Å². The third-order valence-corrected chi connectivity index (χ3v) is 4.15. The number of pyridine rings is 1. The standard InChI is InChI=1S/C14H20N2O2S/c17-8-6-13(11-4-5-11)16-14(18)10-19-9-12-3-1-2-7-15-12/h1-3,7,11,13,17H,4-6,8-10H2,(H,16,18). The Kier molecular flexibility index (Phi) is 5.66. The van der Waals surface area contributed by atoms with Crippen LogP contribution in [-0.2, 0) is 10.5 Å². The van der Waals surface area contributed by atoms with Crippen LogP contribution in [0.4, 0.5) is 0 Å². The summed E-state index contributed by atoms with van der Waals surface area (Å²) in [5, 5.41) is 12.0. The number of nitrogens with zero attached hydrogens (tertiary/aromatic N) is 1. The topological polar surface area (TPSA) is 62.2 Å². The van der Waals surface area contributed by atoms with Crippen LogP contribution < -0.4 is 5.32 Å². The van der Waals surface area contributed by atoms with Crippen LogP contribution in [0.15, 0.2) is 24.4 Å². The molecule has 1 heterocycles. The highest BCUT2D eigenvalue weighted by Gasteiger charge is 2.31. The Balaban J connectivity index is 1.66. The maximum absolute atomic E-state index is 11.8. The van der Waals surface area contributed by atoms with E-state index in [4.69, 9.17) is 5.11 Å².